The fourth-order valence-electron chi connectivity index (χ4n) is 2.16. The minimum Gasteiger partial charge on any atom is -0.508 e. The highest BCUT2D eigenvalue weighted by molar-refractivity contribution is 6.36. The lowest BCUT2D eigenvalue weighted by Gasteiger charge is -2.32. The molecule has 3 nitrogen and oxygen atoms in total. The monoisotopic (exact) mass is 295 g/mol. The summed E-state index contributed by atoms with van der Waals surface area (Å²) < 4.78 is 5.57. The van der Waals surface area contributed by atoms with Gasteiger partial charge in [-0.25, -0.2) is 0 Å². The van der Waals surface area contributed by atoms with Gasteiger partial charge in [0.05, 0.1) is 22.9 Å². The van der Waals surface area contributed by atoms with Gasteiger partial charge in [-0.05, 0) is 30.3 Å². The molecule has 1 aliphatic rings. The lowest BCUT2D eigenvalue weighted by molar-refractivity contribution is 0.313. The quantitative estimate of drug-likeness (QED) is 0.854. The molecule has 0 spiro atoms. The molecule has 98 valence electrons. The third-order valence-electron chi connectivity index (χ3n) is 3.01. The largest absolute Gasteiger partial charge is 0.508 e. The highest BCUT2D eigenvalue weighted by Gasteiger charge is 2.21. The zero-order chi connectivity index (χ0) is 13.4. The van der Waals surface area contributed by atoms with Gasteiger partial charge in [0, 0.05) is 11.1 Å². The Balaban J connectivity index is 2.10. The minimum absolute atomic E-state index is 0.194. The van der Waals surface area contributed by atoms with E-state index in [1.54, 1.807) is 30.3 Å². The van der Waals surface area contributed by atoms with E-state index in [9.17, 15) is 5.11 Å². The SMILES string of the molecule is Oc1ccc2c(c1)N(c1ccc(Cl)cc1Cl)CCO2. The maximum Gasteiger partial charge on any atom is 0.143 e. The van der Waals surface area contributed by atoms with Crippen molar-refractivity contribution in [2.75, 3.05) is 18.1 Å². The van der Waals surface area contributed by atoms with Gasteiger partial charge in [-0.1, -0.05) is 23.2 Å². The molecule has 0 saturated heterocycles. The number of ether oxygens (including phenoxy) is 1. The molecule has 0 bridgehead atoms. The predicted octanol–water partition coefficient (Wildman–Crippen LogP) is 4.23. The first-order chi connectivity index (χ1) is 9.15. The molecule has 0 saturated carbocycles. The van der Waals surface area contributed by atoms with Gasteiger partial charge in [-0.15, -0.1) is 0 Å². The van der Waals surface area contributed by atoms with E-state index in [0.29, 0.717) is 23.2 Å². The number of phenolic OH excluding ortho intramolecular Hbond substituents is 1. The van der Waals surface area contributed by atoms with Gasteiger partial charge in [-0.3, -0.25) is 0 Å². The van der Waals surface area contributed by atoms with Crippen LogP contribution in [0.25, 0.3) is 0 Å². The summed E-state index contributed by atoms with van der Waals surface area (Å²) in [5, 5.41) is 10.8. The van der Waals surface area contributed by atoms with Gasteiger partial charge in [0.2, 0.25) is 0 Å². The summed E-state index contributed by atoms with van der Waals surface area (Å²) in [6.07, 6.45) is 0. The molecule has 0 unspecified atom stereocenters. The number of aromatic hydroxyl groups is 1. The number of anilines is 2. The Morgan fingerprint density at radius 2 is 1.89 bits per heavy atom. The average Bonchev–Trinajstić information content (AvgIpc) is 2.38. The van der Waals surface area contributed by atoms with Crippen molar-refractivity contribution in [1.29, 1.82) is 0 Å². The van der Waals surface area contributed by atoms with E-state index in [-0.39, 0.29) is 5.75 Å². The van der Waals surface area contributed by atoms with Crippen LogP contribution in [0, 0.1) is 0 Å². The molecule has 0 atom stereocenters. The fourth-order valence-corrected chi connectivity index (χ4v) is 2.67. The predicted molar refractivity (Wildman–Crippen MR) is 77.1 cm³/mol. The third kappa shape index (κ3) is 2.31. The molecular weight excluding hydrogens is 285 g/mol. The lowest BCUT2D eigenvalue weighted by atomic mass is 10.2. The maximum atomic E-state index is 9.63. The molecule has 1 aliphatic heterocycles. The van der Waals surface area contributed by atoms with Crippen LogP contribution < -0.4 is 9.64 Å². The first-order valence-electron chi connectivity index (χ1n) is 5.83. The fraction of sp³-hybridized carbons (Fsp3) is 0.143. The van der Waals surface area contributed by atoms with Crippen molar-refractivity contribution >= 4 is 34.6 Å². The molecule has 19 heavy (non-hydrogen) atoms. The topological polar surface area (TPSA) is 32.7 Å². The highest BCUT2D eigenvalue weighted by Crippen LogP contribution is 2.41. The van der Waals surface area contributed by atoms with Crippen LogP contribution in [0.3, 0.4) is 0 Å². The summed E-state index contributed by atoms with van der Waals surface area (Å²) in [5.74, 6) is 0.925. The summed E-state index contributed by atoms with van der Waals surface area (Å²) in [5.41, 5.74) is 1.65. The van der Waals surface area contributed by atoms with Crippen LogP contribution >= 0.6 is 23.2 Å². The van der Waals surface area contributed by atoms with E-state index in [1.165, 1.54) is 0 Å². The second kappa shape index (κ2) is 4.83. The second-order valence-corrected chi connectivity index (χ2v) is 5.09. The molecule has 0 radical (unpaired) electrons. The van der Waals surface area contributed by atoms with Crippen LogP contribution in [-0.2, 0) is 0 Å². The van der Waals surface area contributed by atoms with E-state index in [1.807, 2.05) is 11.0 Å². The van der Waals surface area contributed by atoms with Crippen molar-refractivity contribution in [3.05, 3.63) is 46.4 Å². The smallest absolute Gasteiger partial charge is 0.143 e. The van der Waals surface area contributed by atoms with Crippen molar-refractivity contribution in [2.45, 2.75) is 0 Å². The summed E-state index contributed by atoms with van der Waals surface area (Å²) in [4.78, 5) is 2.01. The highest BCUT2D eigenvalue weighted by atomic mass is 35.5. The zero-order valence-corrected chi connectivity index (χ0v) is 11.4. The Morgan fingerprint density at radius 1 is 1.05 bits per heavy atom. The molecule has 0 aromatic heterocycles. The number of fused-ring (bicyclic) bond motifs is 1. The molecule has 5 heteroatoms. The standard InChI is InChI=1S/C14H11Cl2NO2/c15-9-1-3-12(11(16)7-9)17-5-6-19-14-4-2-10(18)8-13(14)17/h1-4,7-8,18H,5-6H2. The Kier molecular flexibility index (Phi) is 3.17. The molecule has 0 amide bonds. The summed E-state index contributed by atoms with van der Waals surface area (Å²) >= 11 is 12.2. The number of halogens is 2. The van der Waals surface area contributed by atoms with Gasteiger partial charge in [0.1, 0.15) is 18.1 Å². The molecule has 3 rings (SSSR count). The van der Waals surface area contributed by atoms with Crippen molar-refractivity contribution in [1.82, 2.24) is 0 Å². The van der Waals surface area contributed by atoms with Gasteiger partial charge >= 0.3 is 0 Å². The Morgan fingerprint density at radius 3 is 2.68 bits per heavy atom. The second-order valence-electron chi connectivity index (χ2n) is 4.25. The van der Waals surface area contributed by atoms with Gasteiger partial charge in [-0.2, -0.15) is 0 Å². The normalized spacial score (nSPS) is 13.9. The first kappa shape index (κ1) is 12.5. The maximum absolute atomic E-state index is 9.63. The van der Waals surface area contributed by atoms with Crippen LogP contribution in [0.4, 0.5) is 11.4 Å². The first-order valence-corrected chi connectivity index (χ1v) is 6.59. The van der Waals surface area contributed by atoms with Crippen molar-refractivity contribution in [2.24, 2.45) is 0 Å². The Hall–Kier alpha value is -1.58. The Labute approximate surface area is 120 Å². The number of phenols is 1. The van der Waals surface area contributed by atoms with E-state index in [2.05, 4.69) is 0 Å². The van der Waals surface area contributed by atoms with Crippen LogP contribution in [0.5, 0.6) is 11.5 Å². The Bertz CT molecular complexity index is 631. The van der Waals surface area contributed by atoms with Crippen LogP contribution in [-0.4, -0.2) is 18.3 Å². The van der Waals surface area contributed by atoms with E-state index >= 15 is 0 Å². The number of hydrogen-bond donors (Lipinski definition) is 1. The molecule has 0 aliphatic carbocycles. The van der Waals surface area contributed by atoms with Crippen LogP contribution in [0.2, 0.25) is 10.0 Å². The van der Waals surface area contributed by atoms with E-state index in [4.69, 9.17) is 27.9 Å². The summed E-state index contributed by atoms with van der Waals surface area (Å²) in [6, 6.07) is 10.4. The average molecular weight is 296 g/mol. The molecule has 2 aromatic carbocycles. The molecule has 2 aromatic rings. The number of nitrogens with zero attached hydrogens (tertiary/aromatic N) is 1. The van der Waals surface area contributed by atoms with E-state index in [0.717, 1.165) is 17.1 Å². The molecule has 0 fully saturated rings. The molecule has 1 N–H and O–H groups in total. The van der Waals surface area contributed by atoms with Crippen molar-refractivity contribution < 1.29 is 9.84 Å². The number of hydrogen-bond acceptors (Lipinski definition) is 3. The van der Waals surface area contributed by atoms with Crippen molar-refractivity contribution in [3.63, 3.8) is 0 Å². The summed E-state index contributed by atoms with van der Waals surface area (Å²) in [6.45, 7) is 1.23. The molecule has 1 heterocycles. The van der Waals surface area contributed by atoms with E-state index < -0.39 is 0 Å². The minimum atomic E-state index is 0.194. The van der Waals surface area contributed by atoms with Gasteiger partial charge in [0.15, 0.2) is 0 Å². The molecular formula is C14H11Cl2NO2. The zero-order valence-electron chi connectivity index (χ0n) is 9.94. The van der Waals surface area contributed by atoms with Crippen LogP contribution in [0.15, 0.2) is 36.4 Å². The lowest BCUT2D eigenvalue weighted by Crippen LogP contribution is -2.28. The third-order valence-corrected chi connectivity index (χ3v) is 3.54. The number of rotatable bonds is 1. The summed E-state index contributed by atoms with van der Waals surface area (Å²) in [7, 11) is 0. The van der Waals surface area contributed by atoms with Gasteiger partial charge < -0.3 is 14.7 Å². The van der Waals surface area contributed by atoms with Gasteiger partial charge in [0.25, 0.3) is 0 Å². The van der Waals surface area contributed by atoms with Crippen molar-refractivity contribution in [3.8, 4) is 11.5 Å². The van der Waals surface area contributed by atoms with Crippen LogP contribution in [0.1, 0.15) is 0 Å². The number of benzene rings is 2.